The van der Waals surface area contributed by atoms with Crippen LogP contribution in [0.15, 0.2) is 0 Å². The van der Waals surface area contributed by atoms with Crippen LogP contribution in [-0.2, 0) is 28.4 Å². The van der Waals surface area contributed by atoms with Crippen molar-refractivity contribution in [1.82, 2.24) is 0 Å². The summed E-state index contributed by atoms with van der Waals surface area (Å²) < 4.78 is 27.3. The van der Waals surface area contributed by atoms with Gasteiger partial charge < -0.3 is 79.5 Å². The van der Waals surface area contributed by atoms with Crippen molar-refractivity contribution < 1.29 is 166 Å². The van der Waals surface area contributed by atoms with Crippen molar-refractivity contribution in [3.63, 3.8) is 0 Å². The Morgan fingerprint density at radius 1 is 0.240 bits per heavy atom. The van der Waals surface area contributed by atoms with Gasteiger partial charge in [0.05, 0.1) is 128 Å². The summed E-state index contributed by atoms with van der Waals surface area (Å²) in [6.45, 7) is 0.0244. The molecular formula is C41H24O34. The Bertz CT molecular complexity index is 3180. The van der Waals surface area contributed by atoms with Crippen LogP contribution in [-0.4, -0.2) is 186 Å². The molecule has 0 heterocycles. The molecule has 0 aliphatic carbocycles. The monoisotopic (exact) mass is 1060 g/mol. The molecule has 0 bridgehead atoms. The van der Waals surface area contributed by atoms with Crippen molar-refractivity contribution in [1.29, 1.82) is 0 Å². The largest absolute Gasteiger partial charge is 0.478 e. The minimum absolute atomic E-state index is 0.354. The standard InChI is InChI=1S/C41H24O34/c1-5-73-37(65)21-19(35(63)71-3)18(34(62)70-2)20(36(64)72-4)22(40(68)74-38(66)16-12(30(54)55)8(26(46)47)6(24(42)43)9(27(48)49)13(16)31(56)57)23(21)41(69)75-39(67)17-14(32(58)59)10(28(50)51)7(25(44)45)11(29(52)53)15(17)33(60)61/h5H2,1-4H3,(H,42,43)(H,44,45)(H,46,47)(H,48,49)(H,50,51)(H,52,53)(H,54,55)(H,56,57)(H,58,59)(H,60,61). The van der Waals surface area contributed by atoms with Crippen LogP contribution in [0.1, 0.15) is 193 Å². The number of carboxylic acid groups (broad SMARTS) is 10. The van der Waals surface area contributed by atoms with E-state index in [1.807, 2.05) is 0 Å². The topological polar surface area (TPSA) is 565 Å². The molecule has 34 heteroatoms. The van der Waals surface area contributed by atoms with Gasteiger partial charge in [-0.2, -0.15) is 0 Å². The summed E-state index contributed by atoms with van der Waals surface area (Å²) in [7, 11) is 1.23. The molecule has 3 aromatic rings. The molecule has 0 aromatic heterocycles. The molecule has 0 atom stereocenters. The number of carbonyl (C=O) groups is 18. The Balaban J connectivity index is 2.89. The maximum atomic E-state index is 14.6. The zero-order chi connectivity index (χ0) is 57.7. The first-order valence-corrected chi connectivity index (χ1v) is 18.8. The summed E-state index contributed by atoms with van der Waals surface area (Å²) in [5, 5.41) is 99.2. The van der Waals surface area contributed by atoms with Gasteiger partial charge in [0.2, 0.25) is 0 Å². The lowest BCUT2D eigenvalue weighted by atomic mass is 9.85. The number of benzene rings is 3. The Morgan fingerprint density at radius 3 is 0.520 bits per heavy atom. The molecule has 10 N–H and O–H groups in total. The van der Waals surface area contributed by atoms with Gasteiger partial charge in [-0.3, -0.25) is 0 Å². The molecule has 392 valence electrons. The molecule has 0 unspecified atom stereocenters. The van der Waals surface area contributed by atoms with Crippen molar-refractivity contribution in [3.05, 3.63) is 100 Å². The van der Waals surface area contributed by atoms with Gasteiger partial charge in [0, 0.05) is 0 Å². The predicted octanol–water partition coefficient (Wildman–Crippen LogP) is 0.200. The molecule has 0 radical (unpaired) electrons. The number of esters is 8. The van der Waals surface area contributed by atoms with Gasteiger partial charge in [-0.1, -0.05) is 0 Å². The predicted molar refractivity (Wildman–Crippen MR) is 218 cm³/mol. The molecular weight excluding hydrogens is 1040 g/mol. The van der Waals surface area contributed by atoms with Gasteiger partial charge in [0.25, 0.3) is 0 Å². The van der Waals surface area contributed by atoms with E-state index < -0.39 is 214 Å². The van der Waals surface area contributed by atoms with E-state index in [0.29, 0.717) is 21.3 Å². The van der Waals surface area contributed by atoms with E-state index in [2.05, 4.69) is 23.7 Å². The average Bonchev–Trinajstić information content (AvgIpc) is 3.31. The number of ether oxygens (including phenoxy) is 6. The number of carbonyl (C=O) groups excluding carboxylic acids is 8. The number of methoxy groups -OCH3 is 3. The fourth-order valence-corrected chi connectivity index (χ4v) is 6.90. The molecule has 0 saturated carbocycles. The summed E-state index contributed by atoms with van der Waals surface area (Å²) in [6, 6.07) is 0. The molecule has 3 aromatic carbocycles. The maximum absolute atomic E-state index is 14.6. The third-order valence-electron chi connectivity index (χ3n) is 9.47. The van der Waals surface area contributed by atoms with Crippen LogP contribution < -0.4 is 0 Å². The first-order chi connectivity index (χ1) is 34.8. The number of hydrogen-bond acceptors (Lipinski definition) is 24. The molecule has 3 rings (SSSR count). The molecule has 34 nitrogen and oxygen atoms in total. The molecule has 0 saturated heterocycles. The van der Waals surface area contributed by atoms with E-state index in [1.165, 1.54) is 0 Å². The summed E-state index contributed by atoms with van der Waals surface area (Å²) in [5.74, 6) is -48.1. The second kappa shape index (κ2) is 22.1. The first-order valence-electron chi connectivity index (χ1n) is 18.8. The summed E-state index contributed by atoms with van der Waals surface area (Å²) in [4.78, 5) is 236. The van der Waals surface area contributed by atoms with Crippen molar-refractivity contribution in [2.24, 2.45) is 0 Å². The molecule has 0 fully saturated rings. The van der Waals surface area contributed by atoms with Crippen LogP contribution in [0.4, 0.5) is 0 Å². The number of hydrogen-bond donors (Lipinski definition) is 10. The van der Waals surface area contributed by atoms with Gasteiger partial charge in [-0.15, -0.1) is 0 Å². The molecule has 0 spiro atoms. The molecule has 0 amide bonds. The Hall–Kier alpha value is -11.5. The summed E-state index contributed by atoms with van der Waals surface area (Å²) in [5.41, 5.74) is -39.5. The highest BCUT2D eigenvalue weighted by atomic mass is 16.6. The lowest BCUT2D eigenvalue weighted by molar-refractivity contribution is 0.0341. The van der Waals surface area contributed by atoms with Crippen molar-refractivity contribution >= 4 is 107 Å². The summed E-state index contributed by atoms with van der Waals surface area (Å²) in [6.07, 6.45) is 0. The van der Waals surface area contributed by atoms with Crippen LogP contribution in [0.5, 0.6) is 0 Å². The van der Waals surface area contributed by atoms with Crippen LogP contribution in [0.2, 0.25) is 0 Å². The second-order valence-corrected chi connectivity index (χ2v) is 13.4. The lowest BCUT2D eigenvalue weighted by Gasteiger charge is -2.22. The van der Waals surface area contributed by atoms with E-state index >= 15 is 0 Å². The number of carboxylic acids is 10. The van der Waals surface area contributed by atoms with Crippen LogP contribution in [0, 0.1) is 0 Å². The van der Waals surface area contributed by atoms with Crippen molar-refractivity contribution in [2.45, 2.75) is 6.92 Å². The number of rotatable bonds is 19. The van der Waals surface area contributed by atoms with E-state index in [1.54, 1.807) is 0 Å². The summed E-state index contributed by atoms with van der Waals surface area (Å²) >= 11 is 0. The fourth-order valence-electron chi connectivity index (χ4n) is 6.90. The zero-order valence-electron chi connectivity index (χ0n) is 37.0. The van der Waals surface area contributed by atoms with Gasteiger partial charge in [-0.05, 0) is 6.92 Å². The van der Waals surface area contributed by atoms with Gasteiger partial charge in [0.15, 0.2) is 0 Å². The quantitative estimate of drug-likeness (QED) is 0.0435. The minimum atomic E-state index is -2.95. The Labute approximate surface area is 407 Å². The zero-order valence-corrected chi connectivity index (χ0v) is 37.0. The highest BCUT2D eigenvalue weighted by molar-refractivity contribution is 6.29. The first kappa shape index (κ1) is 57.8. The van der Waals surface area contributed by atoms with E-state index in [4.69, 9.17) is 4.74 Å². The van der Waals surface area contributed by atoms with E-state index in [9.17, 15) is 137 Å². The molecule has 0 aliphatic rings. The SMILES string of the molecule is CCOC(=O)c1c(C(=O)OC)c(C(=O)OC)c(C(=O)OC)c(C(=O)OC(=O)c2c(C(=O)O)c(C(=O)O)c(C(=O)O)c(C(=O)O)c2C(=O)O)c1C(=O)OC(=O)c1c(C(=O)O)c(C(=O)O)c(C(=O)O)c(C(=O)O)c1C(=O)O. The molecule has 75 heavy (non-hydrogen) atoms. The van der Waals surface area contributed by atoms with Crippen LogP contribution in [0.3, 0.4) is 0 Å². The van der Waals surface area contributed by atoms with E-state index in [0.717, 1.165) is 6.92 Å². The highest BCUT2D eigenvalue weighted by Crippen LogP contribution is 2.37. The maximum Gasteiger partial charge on any atom is 0.347 e. The van der Waals surface area contributed by atoms with Crippen LogP contribution in [0.25, 0.3) is 0 Å². The number of aromatic carboxylic acids is 10. The van der Waals surface area contributed by atoms with Crippen molar-refractivity contribution in [2.75, 3.05) is 27.9 Å². The highest BCUT2D eigenvalue weighted by Gasteiger charge is 2.48. The Morgan fingerprint density at radius 2 is 0.373 bits per heavy atom. The van der Waals surface area contributed by atoms with Gasteiger partial charge in [-0.25, -0.2) is 86.3 Å². The van der Waals surface area contributed by atoms with Crippen LogP contribution >= 0.6 is 0 Å². The normalized spacial score (nSPS) is 10.3. The fraction of sp³-hybridized carbons (Fsp3) is 0.122. The van der Waals surface area contributed by atoms with Crippen molar-refractivity contribution in [3.8, 4) is 0 Å². The third-order valence-corrected chi connectivity index (χ3v) is 9.47. The van der Waals surface area contributed by atoms with E-state index in [-0.39, 0.29) is 0 Å². The Kier molecular flexibility index (Phi) is 17.0. The second-order valence-electron chi connectivity index (χ2n) is 13.4. The third kappa shape index (κ3) is 10.2. The smallest absolute Gasteiger partial charge is 0.347 e. The van der Waals surface area contributed by atoms with Gasteiger partial charge >= 0.3 is 107 Å². The van der Waals surface area contributed by atoms with Gasteiger partial charge in [0.1, 0.15) is 0 Å². The minimum Gasteiger partial charge on any atom is -0.478 e. The average molecular weight is 1060 g/mol. The molecule has 0 aliphatic heterocycles. The lowest BCUT2D eigenvalue weighted by Crippen LogP contribution is -2.33.